The van der Waals surface area contributed by atoms with Crippen molar-refractivity contribution in [1.29, 1.82) is 0 Å². The molecule has 23 heavy (non-hydrogen) atoms. The lowest BCUT2D eigenvalue weighted by Gasteiger charge is -2.09. The minimum Gasteiger partial charge on any atom is -0.207 e. The Bertz CT molecular complexity index is 787. The molecule has 0 amide bonds. The first-order chi connectivity index (χ1) is 11.0. The number of aryl methyl sites for hydroxylation is 2. The first kappa shape index (κ1) is 17.2. The molecule has 0 spiro atoms. The molecule has 0 radical (unpaired) electrons. The van der Waals surface area contributed by atoms with Crippen molar-refractivity contribution in [2.24, 2.45) is 0 Å². The first-order valence-corrected chi connectivity index (χ1v) is 8.97. The molecule has 0 aromatic heterocycles. The van der Waals surface area contributed by atoms with Crippen molar-refractivity contribution < 1.29 is 8.42 Å². The molecular weight excluding hydrogens is 306 g/mol. The van der Waals surface area contributed by atoms with Gasteiger partial charge in [0.2, 0.25) is 10.0 Å². The third kappa shape index (κ3) is 5.22. The molecule has 0 atom stereocenters. The van der Waals surface area contributed by atoms with Gasteiger partial charge in [-0.2, -0.15) is 0 Å². The molecule has 1 N–H and O–H groups in total. The van der Waals surface area contributed by atoms with Crippen LogP contribution in [0.1, 0.15) is 17.5 Å². The molecule has 0 saturated heterocycles. The second-order valence-electron chi connectivity index (χ2n) is 5.40. The van der Waals surface area contributed by atoms with E-state index >= 15 is 0 Å². The molecule has 2 aromatic rings. The average Bonchev–Trinajstić information content (AvgIpc) is 2.56. The van der Waals surface area contributed by atoms with Gasteiger partial charge in [-0.05, 0) is 43.0 Å². The minimum atomic E-state index is -3.50. The third-order valence-corrected chi connectivity index (χ3v) is 5.03. The molecule has 3 nitrogen and oxygen atoms in total. The molecule has 0 bridgehead atoms. The summed E-state index contributed by atoms with van der Waals surface area (Å²) in [6, 6.07) is 16.9. The third-order valence-electron chi connectivity index (χ3n) is 3.62. The maximum Gasteiger partial charge on any atom is 0.240 e. The number of hydrogen-bond donors (Lipinski definition) is 1. The quantitative estimate of drug-likeness (QED) is 0.790. The van der Waals surface area contributed by atoms with Gasteiger partial charge in [0.1, 0.15) is 0 Å². The Morgan fingerprint density at radius 3 is 2.35 bits per heavy atom. The fourth-order valence-corrected chi connectivity index (χ4v) is 3.19. The van der Waals surface area contributed by atoms with Gasteiger partial charge in [0, 0.05) is 6.54 Å². The van der Waals surface area contributed by atoms with E-state index in [1.165, 1.54) is 5.56 Å². The monoisotopic (exact) mass is 327 g/mol. The highest BCUT2D eigenvalue weighted by molar-refractivity contribution is 7.89. The van der Waals surface area contributed by atoms with Crippen molar-refractivity contribution in [2.45, 2.75) is 24.7 Å². The van der Waals surface area contributed by atoms with E-state index in [0.29, 0.717) is 0 Å². The second kappa shape index (κ2) is 7.93. The Morgan fingerprint density at radius 2 is 1.74 bits per heavy atom. The van der Waals surface area contributed by atoms with Crippen molar-refractivity contribution in [3.8, 4) is 0 Å². The molecule has 0 saturated carbocycles. The molecule has 0 aliphatic rings. The van der Waals surface area contributed by atoms with Crippen LogP contribution in [0.2, 0.25) is 0 Å². The Morgan fingerprint density at radius 1 is 1.09 bits per heavy atom. The minimum absolute atomic E-state index is 0.229. The van der Waals surface area contributed by atoms with Crippen LogP contribution in [0.3, 0.4) is 0 Å². The van der Waals surface area contributed by atoms with Gasteiger partial charge >= 0.3 is 0 Å². The van der Waals surface area contributed by atoms with Crippen molar-refractivity contribution in [1.82, 2.24) is 4.72 Å². The van der Waals surface area contributed by atoms with Crippen LogP contribution in [0.4, 0.5) is 0 Å². The Labute approximate surface area is 138 Å². The van der Waals surface area contributed by atoms with Crippen LogP contribution in [-0.4, -0.2) is 15.0 Å². The van der Waals surface area contributed by atoms with Gasteiger partial charge < -0.3 is 0 Å². The zero-order valence-corrected chi connectivity index (χ0v) is 14.1. The van der Waals surface area contributed by atoms with E-state index < -0.39 is 10.0 Å². The van der Waals surface area contributed by atoms with Gasteiger partial charge in [-0.15, -0.1) is 5.73 Å². The van der Waals surface area contributed by atoms with Crippen molar-refractivity contribution in [3.63, 3.8) is 0 Å². The Balaban J connectivity index is 1.95. The molecule has 2 aromatic carbocycles. The van der Waals surface area contributed by atoms with Crippen molar-refractivity contribution >= 4 is 10.0 Å². The van der Waals surface area contributed by atoms with E-state index in [1.807, 2.05) is 25.1 Å². The summed E-state index contributed by atoms with van der Waals surface area (Å²) in [5.41, 5.74) is 5.93. The predicted octanol–water partition coefficient (Wildman–Crippen LogP) is 3.62. The molecule has 0 fully saturated rings. The van der Waals surface area contributed by atoms with Crippen LogP contribution >= 0.6 is 0 Å². The maximum atomic E-state index is 12.3. The van der Waals surface area contributed by atoms with Gasteiger partial charge in [-0.25, -0.2) is 13.1 Å². The summed E-state index contributed by atoms with van der Waals surface area (Å²) >= 11 is 0. The highest BCUT2D eigenvalue weighted by Gasteiger charge is 2.13. The number of benzene rings is 2. The normalized spacial score (nSPS) is 11.0. The van der Waals surface area contributed by atoms with Crippen LogP contribution in [-0.2, 0) is 16.4 Å². The molecule has 4 heteroatoms. The molecule has 0 unspecified atom stereocenters. The lowest BCUT2D eigenvalue weighted by Crippen LogP contribution is -2.26. The van der Waals surface area contributed by atoms with Crippen LogP contribution < -0.4 is 4.72 Å². The highest BCUT2D eigenvalue weighted by Crippen LogP contribution is 2.12. The predicted molar refractivity (Wildman–Crippen MR) is 93.8 cm³/mol. The highest BCUT2D eigenvalue weighted by atomic mass is 32.2. The molecule has 120 valence electrons. The van der Waals surface area contributed by atoms with Crippen LogP contribution in [0.5, 0.6) is 0 Å². The summed E-state index contributed by atoms with van der Waals surface area (Å²) in [5, 5.41) is 0. The largest absolute Gasteiger partial charge is 0.240 e. The fraction of sp³-hybridized carbons (Fsp3) is 0.211. The molecule has 0 aliphatic carbocycles. The maximum absolute atomic E-state index is 12.3. The average molecular weight is 327 g/mol. The molecule has 2 rings (SSSR count). The smallest absolute Gasteiger partial charge is 0.207 e. The van der Waals surface area contributed by atoms with E-state index in [-0.39, 0.29) is 11.4 Å². The van der Waals surface area contributed by atoms with E-state index in [4.69, 9.17) is 0 Å². The summed E-state index contributed by atoms with van der Waals surface area (Å²) in [5.74, 6) is 0. The van der Waals surface area contributed by atoms with Gasteiger partial charge in [0.05, 0.1) is 4.90 Å². The van der Waals surface area contributed by atoms with Crippen LogP contribution in [0.25, 0.3) is 0 Å². The summed E-state index contributed by atoms with van der Waals surface area (Å²) in [4.78, 5) is 0.273. The van der Waals surface area contributed by atoms with Gasteiger partial charge in [-0.3, -0.25) is 0 Å². The van der Waals surface area contributed by atoms with Crippen LogP contribution in [0, 0.1) is 6.92 Å². The number of sulfonamides is 1. The summed E-state index contributed by atoms with van der Waals surface area (Å²) in [6.07, 6.45) is 1.56. The zero-order chi connectivity index (χ0) is 16.7. The Kier molecular flexibility index (Phi) is 5.94. The standard InChI is InChI=1S/C19H21NO2S/c1-3-17(11-12-18-7-5-4-6-8-18)15-20-23(21,22)19-13-9-16(2)10-14-19/h4-10,13-14,20H,1,11-12,15H2,2H3. The van der Waals surface area contributed by atoms with Crippen LogP contribution in [0.15, 0.2) is 77.4 Å². The van der Waals surface area contributed by atoms with Gasteiger partial charge in [0.25, 0.3) is 0 Å². The summed E-state index contributed by atoms with van der Waals surface area (Å²) < 4.78 is 27.1. The van der Waals surface area contributed by atoms with Gasteiger partial charge in [0.15, 0.2) is 0 Å². The van der Waals surface area contributed by atoms with E-state index in [0.717, 1.165) is 24.0 Å². The van der Waals surface area contributed by atoms with E-state index in [1.54, 1.807) is 24.3 Å². The number of hydrogen-bond acceptors (Lipinski definition) is 2. The van der Waals surface area contributed by atoms with E-state index in [9.17, 15) is 8.42 Å². The summed E-state index contributed by atoms with van der Waals surface area (Å²) in [7, 11) is -3.50. The van der Waals surface area contributed by atoms with Crippen molar-refractivity contribution in [3.05, 3.63) is 83.6 Å². The topological polar surface area (TPSA) is 46.2 Å². The number of nitrogens with one attached hydrogen (secondary N) is 1. The van der Waals surface area contributed by atoms with Crippen molar-refractivity contribution in [2.75, 3.05) is 6.54 Å². The Hall–Kier alpha value is -2.13. The fourth-order valence-electron chi connectivity index (χ4n) is 2.16. The molecule has 0 aliphatic heterocycles. The molecular formula is C19H21NO2S. The van der Waals surface area contributed by atoms with Gasteiger partial charge in [-0.1, -0.05) is 54.6 Å². The number of rotatable bonds is 7. The van der Waals surface area contributed by atoms with E-state index in [2.05, 4.69) is 29.2 Å². The first-order valence-electron chi connectivity index (χ1n) is 7.49. The zero-order valence-electron chi connectivity index (χ0n) is 13.2. The summed E-state index contributed by atoms with van der Waals surface area (Å²) in [6.45, 7) is 5.81. The lowest BCUT2D eigenvalue weighted by atomic mass is 10.1. The SMILES string of the molecule is C=C=C(CCc1ccccc1)CNS(=O)(=O)c1ccc(C)cc1. The lowest BCUT2D eigenvalue weighted by molar-refractivity contribution is 0.584. The second-order valence-corrected chi connectivity index (χ2v) is 7.17. The molecule has 0 heterocycles.